The number of nitrogens with one attached hydrogen (secondary N) is 2. The molecule has 1 aromatic carbocycles. The van der Waals surface area contributed by atoms with Crippen molar-refractivity contribution >= 4 is 17.5 Å². The topological polar surface area (TPSA) is 39.1 Å². The Balaban J connectivity index is 2.60. The van der Waals surface area contributed by atoms with Crippen molar-refractivity contribution < 1.29 is 8.78 Å². The van der Waals surface area contributed by atoms with Gasteiger partial charge in [-0.1, -0.05) is 0 Å². The average Bonchev–Trinajstić information content (AvgIpc) is 2.75. The molecule has 0 saturated heterocycles. The number of nitrogens with zero attached hydrogens (tertiary/aromatic N) is 1. The molecule has 0 atom stereocenters. The first-order valence-electron chi connectivity index (χ1n) is 6.13. The highest BCUT2D eigenvalue weighted by Gasteiger charge is 2.23. The summed E-state index contributed by atoms with van der Waals surface area (Å²) in [4.78, 5) is 1.98. The Morgan fingerprint density at radius 1 is 1.47 bits per heavy atom. The molecule has 1 aromatic rings. The Labute approximate surface area is 111 Å². The van der Waals surface area contributed by atoms with Crippen LogP contribution in [-0.4, -0.2) is 26.9 Å². The van der Waals surface area contributed by atoms with Crippen LogP contribution in [0, 0.1) is 5.41 Å². The highest BCUT2D eigenvalue weighted by atomic mass is 19.3. The van der Waals surface area contributed by atoms with Crippen LogP contribution in [0.1, 0.15) is 23.1 Å². The Kier molecular flexibility index (Phi) is 3.83. The number of hydrogen-bond acceptors (Lipinski definition) is 3. The summed E-state index contributed by atoms with van der Waals surface area (Å²) in [5, 5.41) is 10.2. The molecular formula is C14H17F2N3. The second kappa shape index (κ2) is 5.38. The van der Waals surface area contributed by atoms with Crippen molar-refractivity contribution in [2.24, 2.45) is 0 Å². The molecule has 2 N–H and O–H groups in total. The zero-order chi connectivity index (χ0) is 14.0. The second-order valence-corrected chi connectivity index (χ2v) is 4.57. The third-order valence-electron chi connectivity index (χ3n) is 3.38. The van der Waals surface area contributed by atoms with Crippen LogP contribution in [0.5, 0.6) is 0 Å². The molecule has 0 amide bonds. The van der Waals surface area contributed by atoms with Gasteiger partial charge < -0.3 is 15.6 Å². The molecule has 3 nitrogen and oxygen atoms in total. The van der Waals surface area contributed by atoms with Gasteiger partial charge in [0.15, 0.2) is 0 Å². The molecule has 102 valence electrons. The summed E-state index contributed by atoms with van der Waals surface area (Å²) >= 11 is 0. The number of benzene rings is 1. The molecule has 0 radical (unpaired) electrons. The number of allylic oxidation sites excluding steroid dienone is 1. The monoisotopic (exact) mass is 265 g/mol. The van der Waals surface area contributed by atoms with Gasteiger partial charge in [0.1, 0.15) is 0 Å². The summed E-state index contributed by atoms with van der Waals surface area (Å²) in [6, 6.07) is 3.34. The number of halogens is 2. The van der Waals surface area contributed by atoms with E-state index in [-0.39, 0.29) is 5.56 Å². The Bertz CT molecular complexity index is 524. The lowest BCUT2D eigenvalue weighted by molar-refractivity contribution is 0.151. The molecule has 0 aliphatic carbocycles. The van der Waals surface area contributed by atoms with E-state index in [1.807, 2.05) is 11.9 Å². The number of rotatable bonds is 4. The van der Waals surface area contributed by atoms with E-state index in [9.17, 15) is 8.78 Å². The quantitative estimate of drug-likeness (QED) is 0.822. The van der Waals surface area contributed by atoms with E-state index in [4.69, 9.17) is 5.41 Å². The maximum Gasteiger partial charge on any atom is 0.264 e. The van der Waals surface area contributed by atoms with Crippen LogP contribution >= 0.6 is 0 Å². The number of hydrogen-bond donors (Lipinski definition) is 2. The molecular weight excluding hydrogens is 248 g/mol. The number of likely N-dealkylation sites (N-methyl/N-ethyl adjacent to an activating group) is 1. The lowest BCUT2D eigenvalue weighted by atomic mass is 9.97. The Morgan fingerprint density at radius 2 is 2.21 bits per heavy atom. The molecule has 0 unspecified atom stereocenters. The molecule has 5 heteroatoms. The van der Waals surface area contributed by atoms with Crippen molar-refractivity contribution in [1.29, 1.82) is 5.41 Å². The van der Waals surface area contributed by atoms with E-state index in [1.165, 1.54) is 0 Å². The molecule has 0 bridgehead atoms. The van der Waals surface area contributed by atoms with Gasteiger partial charge in [0.05, 0.1) is 0 Å². The maximum absolute atomic E-state index is 13.2. The molecule has 1 heterocycles. The predicted molar refractivity (Wildman–Crippen MR) is 74.2 cm³/mol. The van der Waals surface area contributed by atoms with Gasteiger partial charge in [-0.3, -0.25) is 0 Å². The third kappa shape index (κ3) is 2.45. The number of alkyl halides is 2. The van der Waals surface area contributed by atoms with Gasteiger partial charge in [-0.2, -0.15) is 0 Å². The first-order valence-corrected chi connectivity index (χ1v) is 6.13. The summed E-state index contributed by atoms with van der Waals surface area (Å²) in [6.07, 6.45) is 0.976. The zero-order valence-electron chi connectivity index (χ0n) is 11.0. The molecule has 1 aliphatic rings. The summed E-state index contributed by atoms with van der Waals surface area (Å²) in [5.41, 5.74) is 2.82. The molecule has 0 aromatic heterocycles. The lowest BCUT2D eigenvalue weighted by Crippen LogP contribution is -2.12. The van der Waals surface area contributed by atoms with Crippen LogP contribution in [0.4, 0.5) is 14.5 Å². The van der Waals surface area contributed by atoms with Gasteiger partial charge in [-0.15, -0.1) is 0 Å². The van der Waals surface area contributed by atoms with Gasteiger partial charge in [0, 0.05) is 49.9 Å². The molecule has 1 aliphatic heterocycles. The fraction of sp³-hybridized carbons (Fsp3) is 0.357. The van der Waals surface area contributed by atoms with Gasteiger partial charge in [0.2, 0.25) is 0 Å². The highest BCUT2D eigenvalue weighted by molar-refractivity contribution is 6.09. The van der Waals surface area contributed by atoms with E-state index < -0.39 is 6.43 Å². The van der Waals surface area contributed by atoms with Crippen molar-refractivity contribution in [2.75, 3.05) is 25.5 Å². The van der Waals surface area contributed by atoms with Crippen LogP contribution in [-0.2, 0) is 6.42 Å². The average molecular weight is 265 g/mol. The van der Waals surface area contributed by atoms with Crippen molar-refractivity contribution in [1.82, 2.24) is 5.32 Å². The fourth-order valence-electron chi connectivity index (χ4n) is 2.40. The van der Waals surface area contributed by atoms with Gasteiger partial charge in [-0.05, 0) is 29.7 Å². The van der Waals surface area contributed by atoms with Crippen LogP contribution in [0.15, 0.2) is 18.3 Å². The maximum atomic E-state index is 13.2. The summed E-state index contributed by atoms with van der Waals surface area (Å²) in [6.45, 7) is 0.844. The minimum Gasteiger partial charge on any atom is -0.393 e. The SMILES string of the molecule is CN/C=C(\C=N)c1cc2c(cc1C(F)F)N(C)CC2. The molecule has 2 rings (SSSR count). The van der Waals surface area contributed by atoms with Crippen LogP contribution in [0.3, 0.4) is 0 Å². The lowest BCUT2D eigenvalue weighted by Gasteiger charge is -2.16. The summed E-state index contributed by atoms with van der Waals surface area (Å²) < 4.78 is 26.4. The Morgan fingerprint density at radius 3 is 2.79 bits per heavy atom. The summed E-state index contributed by atoms with van der Waals surface area (Å²) in [7, 11) is 3.59. The van der Waals surface area contributed by atoms with Crippen LogP contribution in [0.2, 0.25) is 0 Å². The summed E-state index contributed by atoms with van der Waals surface area (Å²) in [5.74, 6) is 0. The largest absolute Gasteiger partial charge is 0.393 e. The van der Waals surface area contributed by atoms with E-state index in [0.717, 1.165) is 30.4 Å². The first-order chi connectivity index (χ1) is 9.08. The smallest absolute Gasteiger partial charge is 0.264 e. The highest BCUT2D eigenvalue weighted by Crippen LogP contribution is 2.36. The Hall–Kier alpha value is -1.91. The zero-order valence-corrected chi connectivity index (χ0v) is 11.0. The fourth-order valence-corrected chi connectivity index (χ4v) is 2.40. The van der Waals surface area contributed by atoms with Crippen molar-refractivity contribution in [2.45, 2.75) is 12.8 Å². The second-order valence-electron chi connectivity index (χ2n) is 4.57. The predicted octanol–water partition coefficient (Wildman–Crippen LogP) is 2.83. The molecule has 0 spiro atoms. The van der Waals surface area contributed by atoms with E-state index in [0.29, 0.717) is 11.1 Å². The number of anilines is 1. The molecule has 19 heavy (non-hydrogen) atoms. The normalized spacial score (nSPS) is 14.8. The van der Waals surface area contributed by atoms with E-state index in [2.05, 4.69) is 5.32 Å². The van der Waals surface area contributed by atoms with Crippen molar-refractivity contribution in [3.8, 4) is 0 Å². The van der Waals surface area contributed by atoms with Crippen LogP contribution in [0.25, 0.3) is 5.57 Å². The van der Waals surface area contributed by atoms with Gasteiger partial charge in [-0.25, -0.2) is 8.78 Å². The standard InChI is InChI=1S/C14H17F2N3/c1-18-8-10(7-17)11-5-9-3-4-19(2)13(9)6-12(11)14(15)16/h5-8,14,17-18H,3-4H2,1-2H3/b10-8+,17-7?. The van der Waals surface area contributed by atoms with Gasteiger partial charge in [0.25, 0.3) is 6.43 Å². The van der Waals surface area contributed by atoms with Gasteiger partial charge >= 0.3 is 0 Å². The van der Waals surface area contributed by atoms with Crippen molar-refractivity contribution in [3.05, 3.63) is 35.0 Å². The number of fused-ring (bicyclic) bond motifs is 1. The molecule has 0 saturated carbocycles. The van der Waals surface area contributed by atoms with Crippen LogP contribution < -0.4 is 10.2 Å². The minimum absolute atomic E-state index is 0.0162. The molecule has 0 fully saturated rings. The van der Waals surface area contributed by atoms with E-state index >= 15 is 0 Å². The first kappa shape index (κ1) is 13.5. The third-order valence-corrected chi connectivity index (χ3v) is 3.38. The van der Waals surface area contributed by atoms with E-state index in [1.54, 1.807) is 25.4 Å². The van der Waals surface area contributed by atoms with Crippen molar-refractivity contribution in [3.63, 3.8) is 0 Å². The minimum atomic E-state index is -2.55.